The summed E-state index contributed by atoms with van der Waals surface area (Å²) in [6.07, 6.45) is 2.96. The SMILES string of the molecule is CCCN(CCO)Cc1cnc2nc(C)cc(C)n12. The van der Waals surface area contributed by atoms with Gasteiger partial charge in [0.1, 0.15) is 0 Å². The fourth-order valence-corrected chi connectivity index (χ4v) is 2.46. The van der Waals surface area contributed by atoms with Gasteiger partial charge in [-0.2, -0.15) is 0 Å². The van der Waals surface area contributed by atoms with Crippen molar-refractivity contribution in [3.63, 3.8) is 0 Å². The number of aliphatic hydroxyl groups is 1. The maximum atomic E-state index is 9.12. The van der Waals surface area contributed by atoms with E-state index in [1.54, 1.807) is 0 Å². The lowest BCUT2D eigenvalue weighted by Crippen LogP contribution is -2.28. The first-order chi connectivity index (χ1) is 9.15. The smallest absolute Gasteiger partial charge is 0.234 e. The molecule has 2 rings (SSSR count). The molecule has 2 aromatic rings. The maximum Gasteiger partial charge on any atom is 0.234 e. The van der Waals surface area contributed by atoms with Crippen molar-refractivity contribution < 1.29 is 5.11 Å². The van der Waals surface area contributed by atoms with Gasteiger partial charge in [0.15, 0.2) is 0 Å². The molecule has 0 aliphatic rings. The summed E-state index contributed by atoms with van der Waals surface area (Å²) in [5.74, 6) is 0.757. The number of fused-ring (bicyclic) bond motifs is 1. The van der Waals surface area contributed by atoms with Gasteiger partial charge in [-0.3, -0.25) is 9.30 Å². The Morgan fingerprint density at radius 1 is 1.32 bits per heavy atom. The lowest BCUT2D eigenvalue weighted by Gasteiger charge is -2.20. The van der Waals surface area contributed by atoms with Crippen molar-refractivity contribution in [1.29, 1.82) is 0 Å². The van der Waals surface area contributed by atoms with Crippen LogP contribution in [0, 0.1) is 13.8 Å². The van der Waals surface area contributed by atoms with Crippen molar-refractivity contribution in [2.75, 3.05) is 19.7 Å². The number of aliphatic hydroxyl groups excluding tert-OH is 1. The van der Waals surface area contributed by atoms with E-state index in [2.05, 4.69) is 39.2 Å². The molecular weight excluding hydrogens is 240 g/mol. The summed E-state index contributed by atoms with van der Waals surface area (Å²) in [4.78, 5) is 11.1. The summed E-state index contributed by atoms with van der Waals surface area (Å²) in [7, 11) is 0. The van der Waals surface area contributed by atoms with Crippen LogP contribution in [0.1, 0.15) is 30.4 Å². The average Bonchev–Trinajstić information content (AvgIpc) is 2.73. The first-order valence-electron chi connectivity index (χ1n) is 6.79. The quantitative estimate of drug-likeness (QED) is 0.858. The first-order valence-corrected chi connectivity index (χ1v) is 6.79. The van der Waals surface area contributed by atoms with E-state index in [1.807, 2.05) is 13.1 Å². The second-order valence-electron chi connectivity index (χ2n) is 4.92. The van der Waals surface area contributed by atoms with Crippen LogP contribution in [0.3, 0.4) is 0 Å². The third-order valence-electron chi connectivity index (χ3n) is 3.20. The van der Waals surface area contributed by atoms with Gasteiger partial charge in [-0.05, 0) is 32.9 Å². The van der Waals surface area contributed by atoms with Gasteiger partial charge in [0.25, 0.3) is 0 Å². The molecule has 0 aliphatic heterocycles. The number of hydrogen-bond donors (Lipinski definition) is 1. The van der Waals surface area contributed by atoms with Gasteiger partial charge in [0.2, 0.25) is 5.78 Å². The Hall–Kier alpha value is -1.46. The molecule has 0 bridgehead atoms. The summed E-state index contributed by atoms with van der Waals surface area (Å²) in [6, 6.07) is 2.06. The van der Waals surface area contributed by atoms with Gasteiger partial charge < -0.3 is 5.11 Å². The normalized spacial score (nSPS) is 11.6. The number of hydrogen-bond acceptors (Lipinski definition) is 4. The van der Waals surface area contributed by atoms with Crippen molar-refractivity contribution in [2.45, 2.75) is 33.7 Å². The molecule has 19 heavy (non-hydrogen) atoms. The van der Waals surface area contributed by atoms with Crippen LogP contribution in [0.2, 0.25) is 0 Å². The van der Waals surface area contributed by atoms with Crippen LogP contribution in [0.15, 0.2) is 12.3 Å². The number of aromatic nitrogens is 3. The average molecular weight is 262 g/mol. The van der Waals surface area contributed by atoms with Gasteiger partial charge in [-0.15, -0.1) is 0 Å². The van der Waals surface area contributed by atoms with E-state index in [4.69, 9.17) is 5.11 Å². The molecule has 1 N–H and O–H groups in total. The van der Waals surface area contributed by atoms with Crippen LogP contribution in [0.5, 0.6) is 0 Å². The van der Waals surface area contributed by atoms with E-state index in [1.165, 1.54) is 0 Å². The highest BCUT2D eigenvalue weighted by Gasteiger charge is 2.11. The standard InChI is InChI=1S/C14H22N4O/c1-4-5-17(6-7-19)10-13-9-15-14-16-11(2)8-12(3)18(13)14/h8-9,19H,4-7,10H2,1-3H3. The predicted octanol–water partition coefficient (Wildman–Crippen LogP) is 1.55. The van der Waals surface area contributed by atoms with Gasteiger partial charge in [-0.25, -0.2) is 9.97 Å². The maximum absolute atomic E-state index is 9.12. The van der Waals surface area contributed by atoms with E-state index >= 15 is 0 Å². The van der Waals surface area contributed by atoms with Crippen LogP contribution in [0.25, 0.3) is 5.78 Å². The van der Waals surface area contributed by atoms with Crippen molar-refractivity contribution in [3.05, 3.63) is 29.3 Å². The Morgan fingerprint density at radius 2 is 2.11 bits per heavy atom. The summed E-state index contributed by atoms with van der Waals surface area (Å²) in [5, 5.41) is 9.12. The molecule has 0 saturated heterocycles. The molecule has 0 aromatic carbocycles. The molecule has 0 saturated carbocycles. The third kappa shape index (κ3) is 3.11. The van der Waals surface area contributed by atoms with Crippen molar-refractivity contribution in [2.24, 2.45) is 0 Å². The van der Waals surface area contributed by atoms with Crippen molar-refractivity contribution in [3.8, 4) is 0 Å². The highest BCUT2D eigenvalue weighted by Crippen LogP contribution is 2.12. The third-order valence-corrected chi connectivity index (χ3v) is 3.20. The second kappa shape index (κ2) is 6.12. The molecule has 5 nitrogen and oxygen atoms in total. The lowest BCUT2D eigenvalue weighted by atomic mass is 10.3. The second-order valence-corrected chi connectivity index (χ2v) is 4.92. The molecule has 2 aromatic heterocycles. The van der Waals surface area contributed by atoms with Gasteiger partial charge in [0, 0.05) is 24.5 Å². The number of rotatable bonds is 6. The lowest BCUT2D eigenvalue weighted by molar-refractivity contribution is 0.188. The molecule has 0 spiro atoms. The zero-order valence-electron chi connectivity index (χ0n) is 11.9. The Labute approximate surface area is 113 Å². The minimum atomic E-state index is 0.188. The Morgan fingerprint density at radius 3 is 2.79 bits per heavy atom. The molecule has 5 heteroatoms. The molecule has 0 fully saturated rings. The molecule has 0 unspecified atom stereocenters. The van der Waals surface area contributed by atoms with Crippen molar-refractivity contribution in [1.82, 2.24) is 19.3 Å². The largest absolute Gasteiger partial charge is 0.395 e. The first kappa shape index (κ1) is 14.0. The zero-order chi connectivity index (χ0) is 13.8. The van der Waals surface area contributed by atoms with E-state index in [0.717, 1.165) is 42.4 Å². The van der Waals surface area contributed by atoms with Gasteiger partial charge >= 0.3 is 0 Å². The van der Waals surface area contributed by atoms with Gasteiger partial charge in [-0.1, -0.05) is 6.92 Å². The minimum absolute atomic E-state index is 0.188. The molecular formula is C14H22N4O. The summed E-state index contributed by atoms with van der Waals surface area (Å²) in [5.41, 5.74) is 3.26. The Kier molecular flexibility index (Phi) is 4.50. The molecule has 0 amide bonds. The van der Waals surface area contributed by atoms with Crippen LogP contribution in [-0.2, 0) is 6.54 Å². The number of imidazole rings is 1. The number of aryl methyl sites for hydroxylation is 2. The number of nitrogens with zero attached hydrogens (tertiary/aromatic N) is 4. The van der Waals surface area contributed by atoms with E-state index < -0.39 is 0 Å². The minimum Gasteiger partial charge on any atom is -0.395 e. The highest BCUT2D eigenvalue weighted by molar-refractivity contribution is 5.35. The molecule has 0 atom stereocenters. The predicted molar refractivity (Wildman–Crippen MR) is 75.1 cm³/mol. The van der Waals surface area contributed by atoms with E-state index in [0.29, 0.717) is 6.54 Å². The Balaban J connectivity index is 2.29. The van der Waals surface area contributed by atoms with Crippen LogP contribution in [-0.4, -0.2) is 44.1 Å². The van der Waals surface area contributed by atoms with Crippen LogP contribution >= 0.6 is 0 Å². The monoisotopic (exact) mass is 262 g/mol. The zero-order valence-corrected chi connectivity index (χ0v) is 11.9. The molecule has 0 aliphatic carbocycles. The van der Waals surface area contributed by atoms with Crippen LogP contribution < -0.4 is 0 Å². The van der Waals surface area contributed by atoms with Crippen LogP contribution in [0.4, 0.5) is 0 Å². The fraction of sp³-hybridized carbons (Fsp3) is 0.571. The van der Waals surface area contributed by atoms with Crippen molar-refractivity contribution >= 4 is 5.78 Å². The topological polar surface area (TPSA) is 53.7 Å². The summed E-state index contributed by atoms with van der Waals surface area (Å²) < 4.78 is 2.09. The van der Waals surface area contributed by atoms with Gasteiger partial charge in [0.05, 0.1) is 18.5 Å². The highest BCUT2D eigenvalue weighted by atomic mass is 16.3. The summed E-state index contributed by atoms with van der Waals surface area (Å²) in [6.45, 7) is 8.86. The molecule has 0 radical (unpaired) electrons. The van der Waals surface area contributed by atoms with E-state index in [-0.39, 0.29) is 6.61 Å². The molecule has 104 valence electrons. The Bertz CT molecular complexity index is 544. The van der Waals surface area contributed by atoms with E-state index in [9.17, 15) is 0 Å². The fourth-order valence-electron chi connectivity index (χ4n) is 2.46. The summed E-state index contributed by atoms with van der Waals surface area (Å²) >= 11 is 0. The molecule has 2 heterocycles.